The number of hydrogen-bond acceptors (Lipinski definition) is 0. The normalized spacial score (nSPS) is 21.9. The van der Waals surface area contributed by atoms with Crippen LogP contribution in [0.1, 0.15) is 46.2 Å². The highest BCUT2D eigenvalue weighted by Crippen LogP contribution is 2.70. The van der Waals surface area contributed by atoms with Gasteiger partial charge in [0, 0.05) is 23.7 Å². The van der Waals surface area contributed by atoms with E-state index in [0.29, 0.717) is 0 Å². The van der Waals surface area contributed by atoms with Crippen LogP contribution in [0.4, 0.5) is 0 Å². The molecule has 17 rings (SSSR count). The lowest BCUT2D eigenvalue weighted by molar-refractivity contribution is 0.525. The van der Waals surface area contributed by atoms with Gasteiger partial charge in [-0.1, -0.05) is 212 Å². The molecule has 0 radical (unpaired) electrons. The smallest absolute Gasteiger partial charge is 0.0212 e. The first-order valence-corrected chi connectivity index (χ1v) is 25.4. The van der Waals surface area contributed by atoms with E-state index in [1.807, 2.05) is 0 Å². The SMILES string of the molecule is C1=CC2=C(CC1)c1cc3c(-c4ccccc4)c4c(c(-c5ccccc5)c3c3cccc2c13)C1=CC=C2C3=CC=C5c6c(-c7ccccc7)ccc(-c7ccccc7)c6C6=CC=C(C7=CC=C4C1C72)C3C65. The number of fused-ring (bicyclic) bond motifs is 12. The Kier molecular flexibility index (Phi) is 7.36. The second kappa shape index (κ2) is 13.7. The average molecular weight is 885 g/mol. The van der Waals surface area contributed by atoms with E-state index in [4.69, 9.17) is 0 Å². The third-order valence-corrected chi connectivity index (χ3v) is 17.7. The largest absolute Gasteiger partial charge is 0.0836 e. The zero-order chi connectivity index (χ0) is 45.3. The lowest BCUT2D eigenvalue weighted by Gasteiger charge is -2.48. The van der Waals surface area contributed by atoms with Crippen molar-refractivity contribution >= 4 is 55.0 Å². The van der Waals surface area contributed by atoms with E-state index in [0.717, 1.165) is 12.8 Å². The zero-order valence-corrected chi connectivity index (χ0v) is 38.5. The van der Waals surface area contributed by atoms with Gasteiger partial charge in [-0.2, -0.15) is 0 Å². The van der Waals surface area contributed by atoms with Crippen molar-refractivity contribution in [3.8, 4) is 44.5 Å². The number of hydrogen-bond donors (Lipinski definition) is 0. The molecule has 0 spiro atoms. The minimum Gasteiger partial charge on any atom is -0.0836 e. The highest BCUT2D eigenvalue weighted by molar-refractivity contribution is 6.30. The third kappa shape index (κ3) is 4.67. The van der Waals surface area contributed by atoms with Crippen LogP contribution in [0.2, 0.25) is 0 Å². The molecule has 0 amide bonds. The molecule has 4 atom stereocenters. The van der Waals surface area contributed by atoms with Gasteiger partial charge in [0.1, 0.15) is 0 Å². The van der Waals surface area contributed by atoms with Gasteiger partial charge in [0.15, 0.2) is 0 Å². The van der Waals surface area contributed by atoms with Gasteiger partial charge in [-0.05, 0) is 174 Å². The summed E-state index contributed by atoms with van der Waals surface area (Å²) in [6.45, 7) is 0. The Labute approximate surface area is 408 Å². The lowest BCUT2D eigenvalue weighted by atomic mass is 9.54. The first kappa shape index (κ1) is 37.6. The predicted molar refractivity (Wildman–Crippen MR) is 293 cm³/mol. The summed E-state index contributed by atoms with van der Waals surface area (Å²) in [5, 5.41) is 5.54. The molecule has 0 heterocycles. The summed E-state index contributed by atoms with van der Waals surface area (Å²) in [5.41, 5.74) is 33.8. The number of rotatable bonds is 4. The van der Waals surface area contributed by atoms with Gasteiger partial charge in [0.05, 0.1) is 0 Å². The number of benzene rings is 8. The van der Waals surface area contributed by atoms with Crippen molar-refractivity contribution in [1.82, 2.24) is 0 Å². The average Bonchev–Trinajstić information content (AvgIpc) is 4.07. The van der Waals surface area contributed by atoms with Gasteiger partial charge >= 0.3 is 0 Å². The molecule has 1 saturated carbocycles. The highest BCUT2D eigenvalue weighted by Gasteiger charge is 2.55. The molecule has 0 N–H and O–H groups in total. The number of allylic oxidation sites excluding steroid dienone is 20. The topological polar surface area (TPSA) is 0 Å². The quantitative estimate of drug-likeness (QED) is 0.155. The van der Waals surface area contributed by atoms with Crippen molar-refractivity contribution in [2.24, 2.45) is 23.7 Å². The van der Waals surface area contributed by atoms with Crippen molar-refractivity contribution in [3.63, 3.8) is 0 Å². The van der Waals surface area contributed by atoms with Crippen LogP contribution in [0.25, 0.3) is 99.5 Å². The van der Waals surface area contributed by atoms with Crippen molar-refractivity contribution in [2.75, 3.05) is 0 Å². The molecule has 0 aliphatic heterocycles. The van der Waals surface area contributed by atoms with E-state index < -0.39 is 0 Å². The van der Waals surface area contributed by atoms with Crippen molar-refractivity contribution < 1.29 is 0 Å². The summed E-state index contributed by atoms with van der Waals surface area (Å²) >= 11 is 0. The van der Waals surface area contributed by atoms with Gasteiger partial charge < -0.3 is 0 Å². The van der Waals surface area contributed by atoms with Crippen LogP contribution in [-0.4, -0.2) is 0 Å². The maximum absolute atomic E-state index is 2.62. The van der Waals surface area contributed by atoms with E-state index in [9.17, 15) is 0 Å². The summed E-state index contributed by atoms with van der Waals surface area (Å²) in [4.78, 5) is 0. The van der Waals surface area contributed by atoms with Crippen molar-refractivity contribution in [1.29, 1.82) is 0 Å². The lowest BCUT2D eigenvalue weighted by Crippen LogP contribution is -2.37. The maximum atomic E-state index is 2.62. The Bertz CT molecular complexity index is 4110. The van der Waals surface area contributed by atoms with Gasteiger partial charge in [-0.15, -0.1) is 0 Å². The summed E-state index contributed by atoms with van der Waals surface area (Å²) in [6, 6.07) is 59.4. The molecule has 8 aromatic carbocycles. The van der Waals surface area contributed by atoms with Gasteiger partial charge in [0.25, 0.3) is 0 Å². The molecule has 0 aromatic heterocycles. The van der Waals surface area contributed by atoms with E-state index in [2.05, 4.69) is 218 Å². The molecule has 324 valence electrons. The molecule has 0 saturated heterocycles. The molecule has 0 nitrogen and oxygen atoms in total. The Morgan fingerprint density at radius 2 is 0.743 bits per heavy atom. The molecule has 8 aromatic rings. The van der Waals surface area contributed by atoms with Crippen LogP contribution >= 0.6 is 0 Å². The first-order valence-electron chi connectivity index (χ1n) is 25.4. The van der Waals surface area contributed by atoms with E-state index in [-0.39, 0.29) is 23.7 Å². The van der Waals surface area contributed by atoms with Crippen LogP contribution < -0.4 is 0 Å². The fourth-order valence-electron chi connectivity index (χ4n) is 15.1. The molecule has 0 bridgehead atoms. The van der Waals surface area contributed by atoms with Gasteiger partial charge in [0.2, 0.25) is 0 Å². The van der Waals surface area contributed by atoms with Crippen LogP contribution in [0, 0.1) is 23.7 Å². The molecule has 4 unspecified atom stereocenters. The van der Waals surface area contributed by atoms with Crippen LogP contribution in [0.15, 0.2) is 241 Å². The monoisotopic (exact) mass is 884 g/mol. The van der Waals surface area contributed by atoms with E-state index >= 15 is 0 Å². The first-order chi connectivity index (χ1) is 34.8. The van der Waals surface area contributed by atoms with Crippen LogP contribution in [0.3, 0.4) is 0 Å². The molecule has 9 aliphatic rings. The third-order valence-electron chi connectivity index (χ3n) is 17.7. The molecule has 70 heavy (non-hydrogen) atoms. The minimum atomic E-state index is 0.206. The Morgan fingerprint density at radius 3 is 1.27 bits per heavy atom. The second-order valence-corrected chi connectivity index (χ2v) is 20.7. The summed E-state index contributed by atoms with van der Waals surface area (Å²) in [7, 11) is 0. The highest BCUT2D eigenvalue weighted by atomic mass is 14.6. The summed E-state index contributed by atoms with van der Waals surface area (Å²) < 4.78 is 0. The minimum absolute atomic E-state index is 0.206. The van der Waals surface area contributed by atoms with Crippen molar-refractivity contribution in [3.05, 3.63) is 274 Å². The Balaban J connectivity index is 0.942. The van der Waals surface area contributed by atoms with E-state index in [1.54, 1.807) is 0 Å². The Hall–Kier alpha value is -8.32. The van der Waals surface area contributed by atoms with Crippen LogP contribution in [-0.2, 0) is 0 Å². The molecule has 0 heteroatoms. The zero-order valence-electron chi connectivity index (χ0n) is 38.5. The summed E-state index contributed by atoms with van der Waals surface area (Å²) in [5.74, 6) is 0.937. The van der Waals surface area contributed by atoms with E-state index in [1.165, 1.54) is 155 Å². The molecule has 9 aliphatic carbocycles. The Morgan fingerprint density at radius 1 is 0.300 bits per heavy atom. The fourth-order valence-corrected chi connectivity index (χ4v) is 15.1. The molecule has 1 fully saturated rings. The van der Waals surface area contributed by atoms with Crippen molar-refractivity contribution in [2.45, 2.75) is 12.8 Å². The van der Waals surface area contributed by atoms with Gasteiger partial charge in [-0.3, -0.25) is 0 Å². The van der Waals surface area contributed by atoms with Gasteiger partial charge in [-0.25, -0.2) is 0 Å². The molecular weight excluding hydrogens is 841 g/mol. The fraction of sp³-hybridized carbons (Fsp3) is 0.0857. The second-order valence-electron chi connectivity index (χ2n) is 20.7. The molecular formula is C70H44. The van der Waals surface area contributed by atoms with Crippen LogP contribution in [0.5, 0.6) is 0 Å². The predicted octanol–water partition coefficient (Wildman–Crippen LogP) is 17.7. The summed E-state index contributed by atoms with van der Waals surface area (Å²) in [6.07, 6.45) is 27.3. The standard InChI is InChI=1S/C70H44/c1-5-16-39(17-6-1)43-28-29-44(40-18-7-2-8-19-40)63-54-35-31-49-51-33-37-56-67-55(36-32-50(65(51)67)48-30-34-53(62(43)63)66(54)64(48)49)69-59(41-20-9-3-10-21-41)58-38-57-46-25-14-13-24-45(46)47-26-15-27-52(61(47)57)68(58)60(70(56)69)42-22-11-4-12-23-42/h1-13,15-24,26-38,64-67H,14,25H2. The maximum Gasteiger partial charge on any atom is 0.0212 e.